The number of carbonyl (C=O) groups is 1. The van der Waals surface area contributed by atoms with Crippen LogP contribution >= 0.6 is 0 Å². The van der Waals surface area contributed by atoms with Gasteiger partial charge in [0.05, 0.1) is 11.1 Å². The molecule has 0 aliphatic rings. The number of nitrogens with zero attached hydrogens (tertiary/aromatic N) is 1. The second-order valence-electron chi connectivity index (χ2n) is 8.04. The van der Waals surface area contributed by atoms with Crippen LogP contribution < -0.4 is 10.2 Å². The first-order valence-electron chi connectivity index (χ1n) is 10.5. The molecule has 0 saturated heterocycles. The maximum absolute atomic E-state index is 11.2. The molecule has 4 aromatic rings. The minimum atomic E-state index is -0.939. The van der Waals surface area contributed by atoms with Crippen molar-refractivity contribution < 1.29 is 19.2 Å². The van der Waals surface area contributed by atoms with E-state index < -0.39 is 5.97 Å². The highest BCUT2D eigenvalue weighted by molar-refractivity contribution is 6.35. The molecule has 0 fully saturated rings. The Morgan fingerprint density at radius 2 is 1.78 bits per heavy atom. The molecular weight excluding hydrogens is 401 g/mol. The molecular formula is C26H24BNO4. The van der Waals surface area contributed by atoms with E-state index in [1.54, 1.807) is 18.2 Å². The quantitative estimate of drug-likeness (QED) is 0.436. The van der Waals surface area contributed by atoms with Crippen molar-refractivity contribution in [3.8, 4) is 28.1 Å². The van der Waals surface area contributed by atoms with Crippen LogP contribution in [0.3, 0.4) is 0 Å². The van der Waals surface area contributed by atoms with Gasteiger partial charge in [-0.3, -0.25) is 0 Å². The van der Waals surface area contributed by atoms with Crippen molar-refractivity contribution in [1.82, 2.24) is 5.16 Å². The zero-order valence-corrected chi connectivity index (χ0v) is 18.3. The lowest BCUT2D eigenvalue weighted by molar-refractivity contribution is 0.0697. The van der Waals surface area contributed by atoms with Gasteiger partial charge in [0.25, 0.3) is 0 Å². The fourth-order valence-corrected chi connectivity index (χ4v) is 3.70. The van der Waals surface area contributed by atoms with Gasteiger partial charge in [0, 0.05) is 5.92 Å². The Hall–Kier alpha value is -3.80. The van der Waals surface area contributed by atoms with Crippen molar-refractivity contribution in [2.24, 2.45) is 0 Å². The van der Waals surface area contributed by atoms with Crippen LogP contribution in [0.4, 0.5) is 0 Å². The Morgan fingerprint density at radius 3 is 2.47 bits per heavy atom. The monoisotopic (exact) mass is 425 g/mol. The van der Waals surface area contributed by atoms with Crippen LogP contribution in [-0.2, 0) is 6.61 Å². The third-order valence-electron chi connectivity index (χ3n) is 5.42. The van der Waals surface area contributed by atoms with Crippen LogP contribution in [0.1, 0.15) is 41.4 Å². The van der Waals surface area contributed by atoms with Gasteiger partial charge in [-0.2, -0.15) is 0 Å². The number of aromatic nitrogens is 1. The third-order valence-corrected chi connectivity index (χ3v) is 5.42. The summed E-state index contributed by atoms with van der Waals surface area (Å²) in [6, 6.07) is 22.6. The molecule has 5 nitrogen and oxygen atoms in total. The second kappa shape index (κ2) is 9.14. The van der Waals surface area contributed by atoms with Gasteiger partial charge in [-0.05, 0) is 41.0 Å². The molecule has 0 radical (unpaired) electrons. The summed E-state index contributed by atoms with van der Waals surface area (Å²) in [7, 11) is 2.06. The normalized spacial score (nSPS) is 11.0. The molecule has 4 rings (SSSR count). The van der Waals surface area contributed by atoms with E-state index in [-0.39, 0.29) is 11.5 Å². The fraction of sp³-hybridized carbons (Fsp3) is 0.154. The van der Waals surface area contributed by atoms with Crippen molar-refractivity contribution >= 4 is 19.3 Å². The van der Waals surface area contributed by atoms with Gasteiger partial charge in [0.15, 0.2) is 0 Å². The number of ether oxygens (including phenoxy) is 1. The molecule has 160 valence electrons. The van der Waals surface area contributed by atoms with Crippen molar-refractivity contribution in [3.05, 3.63) is 89.7 Å². The van der Waals surface area contributed by atoms with Crippen molar-refractivity contribution in [2.75, 3.05) is 0 Å². The van der Waals surface area contributed by atoms with Gasteiger partial charge in [-0.1, -0.05) is 73.0 Å². The third kappa shape index (κ3) is 4.44. The average Bonchev–Trinajstić information content (AvgIpc) is 3.22. The van der Waals surface area contributed by atoms with E-state index >= 15 is 0 Å². The minimum Gasteiger partial charge on any atom is -0.489 e. The predicted molar refractivity (Wildman–Crippen MR) is 127 cm³/mol. The Labute approximate surface area is 188 Å². The summed E-state index contributed by atoms with van der Waals surface area (Å²) in [5.74, 6) is 0.786. The van der Waals surface area contributed by atoms with Gasteiger partial charge in [-0.15, -0.1) is 0 Å². The molecule has 0 amide bonds. The van der Waals surface area contributed by atoms with E-state index in [2.05, 4.69) is 32.9 Å². The van der Waals surface area contributed by atoms with Gasteiger partial charge in [0.1, 0.15) is 31.7 Å². The number of aromatic carboxylic acids is 1. The van der Waals surface area contributed by atoms with E-state index in [1.165, 1.54) is 0 Å². The lowest BCUT2D eigenvalue weighted by Gasteiger charge is -2.11. The first-order valence-corrected chi connectivity index (χ1v) is 10.5. The molecule has 0 saturated carbocycles. The first kappa shape index (κ1) is 21.4. The summed E-state index contributed by atoms with van der Waals surface area (Å²) in [5, 5.41) is 13.6. The second-order valence-corrected chi connectivity index (χ2v) is 8.04. The maximum atomic E-state index is 11.2. The number of hydrogen-bond donors (Lipinski definition) is 1. The molecule has 1 aromatic heterocycles. The van der Waals surface area contributed by atoms with Crippen LogP contribution in [0, 0.1) is 0 Å². The first-order chi connectivity index (χ1) is 15.4. The Morgan fingerprint density at radius 1 is 1.03 bits per heavy atom. The molecule has 0 atom stereocenters. The van der Waals surface area contributed by atoms with Crippen LogP contribution in [-0.4, -0.2) is 24.1 Å². The highest BCUT2D eigenvalue weighted by Crippen LogP contribution is 2.31. The lowest BCUT2D eigenvalue weighted by Crippen LogP contribution is -2.08. The van der Waals surface area contributed by atoms with Crippen molar-refractivity contribution in [3.63, 3.8) is 0 Å². The number of rotatable bonds is 7. The molecule has 0 aliphatic heterocycles. The van der Waals surface area contributed by atoms with Crippen molar-refractivity contribution in [1.29, 1.82) is 0 Å². The van der Waals surface area contributed by atoms with E-state index in [0.717, 1.165) is 44.9 Å². The Bertz CT molecular complexity index is 1240. The lowest BCUT2D eigenvalue weighted by atomic mass is 9.87. The summed E-state index contributed by atoms with van der Waals surface area (Å²) in [6.07, 6.45) is 0. The summed E-state index contributed by atoms with van der Waals surface area (Å²) in [5.41, 5.74) is 5.97. The van der Waals surface area contributed by atoms with Gasteiger partial charge in [0.2, 0.25) is 0 Å². The van der Waals surface area contributed by atoms with Gasteiger partial charge < -0.3 is 14.4 Å². The molecule has 0 spiro atoms. The SMILES string of the molecule is Bc1ccccc1-c1noc(C(C)C)c1COc1ccc(-c2cccc(C(=O)O)c2)cc1. The molecule has 6 heteroatoms. The highest BCUT2D eigenvalue weighted by atomic mass is 16.5. The minimum absolute atomic E-state index is 0.183. The fourth-order valence-electron chi connectivity index (χ4n) is 3.70. The van der Waals surface area contributed by atoms with Crippen LogP contribution in [0.2, 0.25) is 0 Å². The molecule has 0 bridgehead atoms. The molecule has 0 aliphatic carbocycles. The molecule has 0 unspecified atom stereocenters. The van der Waals surface area contributed by atoms with E-state index in [1.807, 2.05) is 48.5 Å². The number of benzene rings is 3. The highest BCUT2D eigenvalue weighted by Gasteiger charge is 2.21. The average molecular weight is 425 g/mol. The molecule has 3 aromatic carbocycles. The van der Waals surface area contributed by atoms with Gasteiger partial charge >= 0.3 is 5.97 Å². The standard InChI is InChI=1S/C26H24BNO4/c1-16(2)25-22(24(28-32-25)21-8-3-4-9-23(21)27)15-31-20-12-10-17(11-13-20)18-6-5-7-19(14-18)26(29)30/h3-14,16H,15,27H2,1-2H3,(H,29,30). The Balaban J connectivity index is 1.57. The number of carboxylic acids is 1. The smallest absolute Gasteiger partial charge is 0.335 e. The summed E-state index contributed by atoms with van der Waals surface area (Å²) >= 11 is 0. The summed E-state index contributed by atoms with van der Waals surface area (Å²) in [6.45, 7) is 4.49. The molecule has 1 N–H and O–H groups in total. The zero-order chi connectivity index (χ0) is 22.7. The zero-order valence-electron chi connectivity index (χ0n) is 18.3. The van der Waals surface area contributed by atoms with E-state index in [0.29, 0.717) is 6.61 Å². The number of carboxylic acid groups (broad SMARTS) is 1. The maximum Gasteiger partial charge on any atom is 0.335 e. The van der Waals surface area contributed by atoms with Gasteiger partial charge in [-0.25, -0.2) is 4.79 Å². The molecule has 1 heterocycles. The summed E-state index contributed by atoms with van der Waals surface area (Å²) < 4.78 is 11.8. The van der Waals surface area contributed by atoms with E-state index in [4.69, 9.17) is 9.26 Å². The van der Waals surface area contributed by atoms with Crippen LogP contribution in [0.25, 0.3) is 22.4 Å². The summed E-state index contributed by atoms with van der Waals surface area (Å²) in [4.78, 5) is 11.2. The number of hydrogen-bond acceptors (Lipinski definition) is 4. The topological polar surface area (TPSA) is 72.6 Å². The van der Waals surface area contributed by atoms with Crippen LogP contribution in [0.5, 0.6) is 5.75 Å². The largest absolute Gasteiger partial charge is 0.489 e. The van der Waals surface area contributed by atoms with E-state index in [9.17, 15) is 9.90 Å². The van der Waals surface area contributed by atoms with Crippen LogP contribution in [0.15, 0.2) is 77.3 Å². The van der Waals surface area contributed by atoms with Crippen molar-refractivity contribution in [2.45, 2.75) is 26.4 Å². The Kier molecular flexibility index (Phi) is 6.12. The predicted octanol–water partition coefficient (Wildman–Crippen LogP) is 4.67. The molecule has 32 heavy (non-hydrogen) atoms.